The number of carbonyl (C=O) groups is 2. The molecule has 2 atom stereocenters. The number of piperidine rings is 1. The van der Waals surface area contributed by atoms with Gasteiger partial charge in [-0.15, -0.1) is 0 Å². The van der Waals surface area contributed by atoms with Gasteiger partial charge in [-0.25, -0.2) is 10.9 Å². The molecular formula is C19H27BrN4O2. The van der Waals surface area contributed by atoms with Crippen molar-refractivity contribution in [1.29, 1.82) is 0 Å². The quantitative estimate of drug-likeness (QED) is 0.694. The number of halogens is 1. The molecule has 3 rings (SSSR count). The van der Waals surface area contributed by atoms with Crippen LogP contribution in [-0.4, -0.2) is 41.9 Å². The van der Waals surface area contributed by atoms with Crippen molar-refractivity contribution in [3.8, 4) is 0 Å². The molecule has 0 aliphatic carbocycles. The molecule has 26 heavy (non-hydrogen) atoms. The molecule has 7 heteroatoms. The molecule has 0 bridgehead atoms. The standard InChI is InChI=1S/C19H27BrN4O2/c1-12(2)21-18(25)14-7-9-24(10-8-14)19(26)17-11-16(22-23-17)13-3-5-15(20)6-4-13/h3-6,12,14,16-17,22-23H,7-11H2,1-2H3,(H,21,25). The zero-order valence-electron chi connectivity index (χ0n) is 15.3. The lowest BCUT2D eigenvalue weighted by molar-refractivity contribution is -0.137. The lowest BCUT2D eigenvalue weighted by Crippen LogP contribution is -2.50. The van der Waals surface area contributed by atoms with E-state index in [1.54, 1.807) is 0 Å². The van der Waals surface area contributed by atoms with Gasteiger partial charge >= 0.3 is 0 Å². The third-order valence-electron chi connectivity index (χ3n) is 5.08. The number of hydrogen-bond donors (Lipinski definition) is 3. The summed E-state index contributed by atoms with van der Waals surface area (Å²) in [5.41, 5.74) is 7.55. The maximum atomic E-state index is 12.8. The number of hydrogen-bond acceptors (Lipinski definition) is 4. The molecule has 0 saturated carbocycles. The second kappa shape index (κ2) is 8.50. The highest BCUT2D eigenvalue weighted by Gasteiger charge is 2.35. The van der Waals surface area contributed by atoms with Crippen molar-refractivity contribution >= 4 is 27.7 Å². The Balaban J connectivity index is 1.50. The minimum absolute atomic E-state index is 0.0200. The fourth-order valence-corrected chi connectivity index (χ4v) is 3.88. The maximum Gasteiger partial charge on any atom is 0.241 e. The minimum Gasteiger partial charge on any atom is -0.354 e. The Labute approximate surface area is 163 Å². The van der Waals surface area contributed by atoms with Gasteiger partial charge in [0.1, 0.15) is 6.04 Å². The van der Waals surface area contributed by atoms with Gasteiger partial charge in [0.25, 0.3) is 0 Å². The first kappa shape index (κ1) is 19.3. The van der Waals surface area contributed by atoms with E-state index in [2.05, 4.69) is 44.2 Å². The molecule has 0 aromatic heterocycles. The van der Waals surface area contributed by atoms with Crippen molar-refractivity contribution < 1.29 is 9.59 Å². The smallest absolute Gasteiger partial charge is 0.241 e. The summed E-state index contributed by atoms with van der Waals surface area (Å²) in [6.07, 6.45) is 2.20. The van der Waals surface area contributed by atoms with Crippen molar-refractivity contribution in [3.63, 3.8) is 0 Å². The van der Waals surface area contributed by atoms with Gasteiger partial charge in [0, 0.05) is 35.6 Å². The van der Waals surface area contributed by atoms with Gasteiger partial charge in [0.15, 0.2) is 0 Å². The fourth-order valence-electron chi connectivity index (χ4n) is 3.62. The van der Waals surface area contributed by atoms with E-state index in [0.717, 1.165) is 23.7 Å². The predicted octanol–water partition coefficient (Wildman–Crippen LogP) is 2.12. The van der Waals surface area contributed by atoms with Crippen LogP contribution in [0.15, 0.2) is 28.7 Å². The molecule has 2 aliphatic heterocycles. The average molecular weight is 423 g/mol. The van der Waals surface area contributed by atoms with Crippen LogP contribution < -0.4 is 16.2 Å². The van der Waals surface area contributed by atoms with Gasteiger partial charge in [0.05, 0.1) is 0 Å². The Morgan fingerprint density at radius 1 is 1.15 bits per heavy atom. The van der Waals surface area contributed by atoms with Gasteiger partial charge in [-0.05, 0) is 50.8 Å². The average Bonchev–Trinajstić information content (AvgIpc) is 3.11. The molecule has 0 spiro atoms. The summed E-state index contributed by atoms with van der Waals surface area (Å²) in [5, 5.41) is 2.97. The van der Waals surface area contributed by atoms with Gasteiger partial charge in [0.2, 0.25) is 11.8 Å². The van der Waals surface area contributed by atoms with E-state index < -0.39 is 0 Å². The van der Waals surface area contributed by atoms with E-state index in [0.29, 0.717) is 13.1 Å². The van der Waals surface area contributed by atoms with Crippen molar-refractivity contribution in [2.75, 3.05) is 13.1 Å². The second-order valence-electron chi connectivity index (χ2n) is 7.44. The number of amides is 2. The molecule has 3 N–H and O–H groups in total. The lowest BCUT2D eigenvalue weighted by atomic mass is 9.94. The highest BCUT2D eigenvalue weighted by molar-refractivity contribution is 9.10. The molecule has 2 amide bonds. The van der Waals surface area contributed by atoms with Crippen LogP contribution in [0.1, 0.15) is 44.7 Å². The van der Waals surface area contributed by atoms with E-state index >= 15 is 0 Å². The van der Waals surface area contributed by atoms with Crippen LogP contribution in [0.4, 0.5) is 0 Å². The molecule has 1 aromatic rings. The number of likely N-dealkylation sites (tertiary alicyclic amines) is 1. The minimum atomic E-state index is -0.218. The third kappa shape index (κ3) is 4.64. The van der Waals surface area contributed by atoms with Crippen LogP contribution in [0, 0.1) is 5.92 Å². The molecule has 0 radical (unpaired) electrons. The van der Waals surface area contributed by atoms with Crippen molar-refractivity contribution in [2.24, 2.45) is 5.92 Å². The maximum absolute atomic E-state index is 12.8. The number of hydrazine groups is 1. The number of carbonyl (C=O) groups excluding carboxylic acids is 2. The Morgan fingerprint density at radius 3 is 2.42 bits per heavy atom. The van der Waals surface area contributed by atoms with Crippen LogP contribution in [0.5, 0.6) is 0 Å². The summed E-state index contributed by atoms with van der Waals surface area (Å²) >= 11 is 3.44. The van der Waals surface area contributed by atoms with Crippen LogP contribution in [0.2, 0.25) is 0 Å². The highest BCUT2D eigenvalue weighted by Crippen LogP contribution is 2.26. The number of benzene rings is 1. The summed E-state index contributed by atoms with van der Waals surface area (Å²) in [6.45, 7) is 5.24. The summed E-state index contributed by atoms with van der Waals surface area (Å²) < 4.78 is 1.05. The highest BCUT2D eigenvalue weighted by atomic mass is 79.9. The molecular weight excluding hydrogens is 396 g/mol. The largest absolute Gasteiger partial charge is 0.354 e. The van der Waals surface area contributed by atoms with E-state index in [-0.39, 0.29) is 35.9 Å². The van der Waals surface area contributed by atoms with E-state index in [1.807, 2.05) is 30.9 Å². The van der Waals surface area contributed by atoms with Gasteiger partial charge in [-0.1, -0.05) is 28.1 Å². The summed E-state index contributed by atoms with van der Waals surface area (Å²) in [7, 11) is 0. The Kier molecular flexibility index (Phi) is 6.32. The van der Waals surface area contributed by atoms with Gasteiger partial charge in [-0.3, -0.25) is 9.59 Å². The van der Waals surface area contributed by atoms with Crippen LogP contribution >= 0.6 is 15.9 Å². The van der Waals surface area contributed by atoms with Crippen molar-refractivity contribution in [1.82, 2.24) is 21.1 Å². The first-order chi connectivity index (χ1) is 12.4. The molecule has 2 unspecified atom stereocenters. The topological polar surface area (TPSA) is 73.5 Å². The van der Waals surface area contributed by atoms with Crippen molar-refractivity contribution in [2.45, 2.75) is 51.2 Å². The van der Waals surface area contributed by atoms with E-state index in [4.69, 9.17) is 0 Å². The molecule has 2 fully saturated rings. The fraction of sp³-hybridized carbons (Fsp3) is 0.579. The summed E-state index contributed by atoms with van der Waals surface area (Å²) in [5.74, 6) is 0.259. The predicted molar refractivity (Wildman–Crippen MR) is 104 cm³/mol. The molecule has 1 aromatic carbocycles. The van der Waals surface area contributed by atoms with Crippen LogP contribution in [0.25, 0.3) is 0 Å². The number of rotatable bonds is 4. The first-order valence-electron chi connectivity index (χ1n) is 9.29. The molecule has 2 aliphatic rings. The summed E-state index contributed by atoms with van der Waals surface area (Å²) in [6, 6.07) is 8.23. The number of nitrogens with zero attached hydrogens (tertiary/aromatic N) is 1. The SMILES string of the molecule is CC(C)NC(=O)C1CCN(C(=O)C2CC(c3ccc(Br)cc3)NN2)CC1. The lowest BCUT2D eigenvalue weighted by Gasteiger charge is -2.33. The Bertz CT molecular complexity index is 641. The summed E-state index contributed by atoms with van der Waals surface area (Å²) in [4.78, 5) is 26.8. The monoisotopic (exact) mass is 422 g/mol. The van der Waals surface area contributed by atoms with Crippen molar-refractivity contribution in [3.05, 3.63) is 34.3 Å². The zero-order valence-corrected chi connectivity index (χ0v) is 16.9. The molecule has 142 valence electrons. The molecule has 6 nitrogen and oxygen atoms in total. The zero-order chi connectivity index (χ0) is 18.7. The normalized spacial score (nSPS) is 24.1. The molecule has 2 saturated heterocycles. The Hall–Kier alpha value is -1.44. The Morgan fingerprint density at radius 2 is 1.81 bits per heavy atom. The van der Waals surface area contributed by atoms with E-state index in [9.17, 15) is 9.59 Å². The van der Waals surface area contributed by atoms with Gasteiger partial charge < -0.3 is 10.2 Å². The first-order valence-corrected chi connectivity index (χ1v) is 10.1. The third-order valence-corrected chi connectivity index (χ3v) is 5.61. The van der Waals surface area contributed by atoms with Crippen LogP contribution in [0.3, 0.4) is 0 Å². The van der Waals surface area contributed by atoms with E-state index in [1.165, 1.54) is 5.56 Å². The molecule has 2 heterocycles. The van der Waals surface area contributed by atoms with Gasteiger partial charge in [-0.2, -0.15) is 0 Å². The number of nitrogens with one attached hydrogen (secondary N) is 3. The van der Waals surface area contributed by atoms with Crippen LogP contribution in [-0.2, 0) is 9.59 Å². The second-order valence-corrected chi connectivity index (χ2v) is 8.36.